The summed E-state index contributed by atoms with van der Waals surface area (Å²) in [6, 6.07) is 7.88. The third kappa shape index (κ3) is 3.52. The fourth-order valence-corrected chi connectivity index (χ4v) is 4.09. The summed E-state index contributed by atoms with van der Waals surface area (Å²) in [6.07, 6.45) is 4.60. The molecule has 0 radical (unpaired) electrons. The highest BCUT2D eigenvalue weighted by Gasteiger charge is 2.40. The van der Waals surface area contributed by atoms with Crippen molar-refractivity contribution in [1.29, 1.82) is 0 Å². The molecule has 1 heterocycles. The number of nitrogens with zero attached hydrogens (tertiary/aromatic N) is 1. The highest BCUT2D eigenvalue weighted by Crippen LogP contribution is 2.29. The number of benzene rings is 1. The number of carboxylic acid groups (broad SMARTS) is 1. The van der Waals surface area contributed by atoms with Crippen LogP contribution in [0.5, 0.6) is 0 Å². The summed E-state index contributed by atoms with van der Waals surface area (Å²) in [5.74, 6) is -1.11. The van der Waals surface area contributed by atoms with Gasteiger partial charge in [0.05, 0.1) is 15.2 Å². The number of thiazole rings is 1. The normalized spacial score (nSPS) is 17.0. The number of amides is 1. The number of carboxylic acids is 1. The van der Waals surface area contributed by atoms with Gasteiger partial charge >= 0.3 is 5.97 Å². The maximum absolute atomic E-state index is 12.2. The summed E-state index contributed by atoms with van der Waals surface area (Å²) in [7, 11) is 0. The smallest absolute Gasteiger partial charge is 0.329 e. The van der Waals surface area contributed by atoms with Crippen LogP contribution in [0.15, 0.2) is 24.3 Å². The summed E-state index contributed by atoms with van der Waals surface area (Å²) in [5, 5.41) is 13.2. The van der Waals surface area contributed by atoms with Crippen molar-refractivity contribution in [3.63, 3.8) is 0 Å². The summed E-state index contributed by atoms with van der Waals surface area (Å²) < 4.78 is 1.11. The van der Waals surface area contributed by atoms with Crippen LogP contribution in [0.4, 0.5) is 0 Å². The average Bonchev–Trinajstić information content (AvgIpc) is 2.96. The Hall–Kier alpha value is -1.95. The van der Waals surface area contributed by atoms with Crippen LogP contribution in [0.2, 0.25) is 0 Å². The molecule has 0 aliphatic heterocycles. The van der Waals surface area contributed by atoms with Gasteiger partial charge in [0.2, 0.25) is 5.91 Å². The Morgan fingerprint density at radius 1 is 1.22 bits per heavy atom. The van der Waals surface area contributed by atoms with E-state index >= 15 is 0 Å². The van der Waals surface area contributed by atoms with Gasteiger partial charge in [0, 0.05) is 12.8 Å². The Morgan fingerprint density at radius 2 is 1.96 bits per heavy atom. The number of fused-ring (bicyclic) bond motifs is 1. The first-order valence-electron chi connectivity index (χ1n) is 7.98. The molecule has 0 spiro atoms. The number of hydrogen-bond donors (Lipinski definition) is 2. The molecule has 5 nitrogen and oxygen atoms in total. The fraction of sp³-hybridized carbons (Fsp3) is 0.471. The molecule has 1 saturated carbocycles. The van der Waals surface area contributed by atoms with Crippen LogP contribution in [0.3, 0.4) is 0 Å². The minimum atomic E-state index is -1.07. The molecule has 0 bridgehead atoms. The maximum Gasteiger partial charge on any atom is 0.329 e. The zero-order valence-electron chi connectivity index (χ0n) is 12.9. The number of aryl methyl sites for hydroxylation is 1. The van der Waals surface area contributed by atoms with Crippen molar-refractivity contribution in [2.75, 3.05) is 0 Å². The SMILES string of the molecule is O=C(CCc1nc2ccccc2s1)NC1(C(=O)O)CCCCC1. The molecule has 1 aromatic carbocycles. The topological polar surface area (TPSA) is 79.3 Å². The van der Waals surface area contributed by atoms with Crippen LogP contribution < -0.4 is 5.32 Å². The van der Waals surface area contributed by atoms with Crippen molar-refractivity contribution in [1.82, 2.24) is 10.3 Å². The first-order valence-corrected chi connectivity index (χ1v) is 8.80. The molecule has 0 unspecified atom stereocenters. The van der Waals surface area contributed by atoms with Crippen LogP contribution in [-0.4, -0.2) is 27.5 Å². The zero-order valence-corrected chi connectivity index (χ0v) is 13.7. The predicted octanol–water partition coefficient (Wildman–Crippen LogP) is 3.13. The number of carbonyl (C=O) groups excluding carboxylic acids is 1. The molecule has 0 saturated heterocycles. The van der Waals surface area contributed by atoms with Crippen LogP contribution >= 0.6 is 11.3 Å². The van der Waals surface area contributed by atoms with E-state index in [1.165, 1.54) is 0 Å². The van der Waals surface area contributed by atoms with Crippen molar-refractivity contribution in [3.8, 4) is 0 Å². The largest absolute Gasteiger partial charge is 0.480 e. The first-order chi connectivity index (χ1) is 11.1. The van der Waals surface area contributed by atoms with E-state index in [0.29, 0.717) is 19.3 Å². The van der Waals surface area contributed by atoms with E-state index in [0.717, 1.165) is 34.5 Å². The van der Waals surface area contributed by atoms with Crippen LogP contribution in [0.1, 0.15) is 43.5 Å². The van der Waals surface area contributed by atoms with Gasteiger partial charge in [0.25, 0.3) is 0 Å². The Labute approximate surface area is 138 Å². The average molecular weight is 332 g/mol. The van der Waals surface area contributed by atoms with Gasteiger partial charge in [0.15, 0.2) is 0 Å². The number of aromatic nitrogens is 1. The van der Waals surface area contributed by atoms with Gasteiger partial charge in [-0.1, -0.05) is 31.4 Å². The molecule has 1 aliphatic carbocycles. The van der Waals surface area contributed by atoms with Crippen LogP contribution in [0.25, 0.3) is 10.2 Å². The molecule has 2 aromatic rings. The molecular formula is C17H20N2O3S. The number of carbonyl (C=O) groups is 2. The number of rotatable bonds is 5. The van der Waals surface area contributed by atoms with Gasteiger partial charge < -0.3 is 10.4 Å². The molecule has 0 atom stereocenters. The highest BCUT2D eigenvalue weighted by molar-refractivity contribution is 7.18. The lowest BCUT2D eigenvalue weighted by atomic mass is 9.81. The van der Waals surface area contributed by atoms with E-state index in [1.54, 1.807) is 11.3 Å². The molecule has 1 fully saturated rings. The van der Waals surface area contributed by atoms with E-state index in [9.17, 15) is 14.7 Å². The van der Waals surface area contributed by atoms with Gasteiger partial charge in [0.1, 0.15) is 5.54 Å². The quantitative estimate of drug-likeness (QED) is 0.881. The molecule has 6 heteroatoms. The summed E-state index contributed by atoms with van der Waals surface area (Å²) in [4.78, 5) is 28.3. The maximum atomic E-state index is 12.2. The van der Waals surface area contributed by atoms with E-state index in [2.05, 4.69) is 10.3 Å². The number of para-hydroxylation sites is 1. The molecule has 2 N–H and O–H groups in total. The number of nitrogens with one attached hydrogen (secondary N) is 1. The van der Waals surface area contributed by atoms with Crippen LogP contribution in [0, 0.1) is 0 Å². The minimum Gasteiger partial charge on any atom is -0.480 e. The second-order valence-electron chi connectivity index (χ2n) is 6.07. The monoisotopic (exact) mass is 332 g/mol. The molecule has 1 aliphatic rings. The standard InChI is InChI=1S/C17H20N2O3S/c20-14(19-17(16(21)22)10-4-1-5-11-17)8-9-15-18-12-6-2-3-7-13(12)23-15/h2-3,6-7H,1,4-5,8-11H2,(H,19,20)(H,21,22). The Morgan fingerprint density at radius 3 is 2.65 bits per heavy atom. The van der Waals surface area contributed by atoms with E-state index in [4.69, 9.17) is 0 Å². The second-order valence-corrected chi connectivity index (χ2v) is 7.19. The van der Waals surface area contributed by atoms with Crippen molar-refractivity contribution >= 4 is 33.4 Å². The molecular weight excluding hydrogens is 312 g/mol. The Balaban J connectivity index is 1.61. The fourth-order valence-electron chi connectivity index (χ4n) is 3.12. The minimum absolute atomic E-state index is 0.200. The van der Waals surface area contributed by atoms with Gasteiger partial charge in [-0.15, -0.1) is 11.3 Å². The molecule has 1 aromatic heterocycles. The third-order valence-corrected chi connectivity index (χ3v) is 5.50. The lowest BCUT2D eigenvalue weighted by Gasteiger charge is -2.33. The van der Waals surface area contributed by atoms with Crippen LogP contribution in [-0.2, 0) is 16.0 Å². The van der Waals surface area contributed by atoms with E-state index in [1.807, 2.05) is 24.3 Å². The predicted molar refractivity (Wildman–Crippen MR) is 89.5 cm³/mol. The van der Waals surface area contributed by atoms with E-state index in [-0.39, 0.29) is 12.3 Å². The molecule has 1 amide bonds. The second kappa shape index (κ2) is 6.66. The van der Waals surface area contributed by atoms with Crippen molar-refractivity contribution < 1.29 is 14.7 Å². The van der Waals surface area contributed by atoms with Gasteiger partial charge in [-0.25, -0.2) is 9.78 Å². The summed E-state index contributed by atoms with van der Waals surface area (Å²) in [5.41, 5.74) is -0.120. The van der Waals surface area contributed by atoms with E-state index < -0.39 is 11.5 Å². The number of hydrogen-bond acceptors (Lipinski definition) is 4. The molecule has 23 heavy (non-hydrogen) atoms. The Bertz CT molecular complexity index is 686. The van der Waals surface area contributed by atoms with Crippen molar-refractivity contribution in [2.45, 2.75) is 50.5 Å². The van der Waals surface area contributed by atoms with Gasteiger partial charge in [-0.05, 0) is 25.0 Å². The highest BCUT2D eigenvalue weighted by atomic mass is 32.1. The van der Waals surface area contributed by atoms with Crippen molar-refractivity contribution in [2.24, 2.45) is 0 Å². The van der Waals surface area contributed by atoms with Crippen molar-refractivity contribution in [3.05, 3.63) is 29.3 Å². The Kier molecular flexibility index (Phi) is 4.61. The summed E-state index contributed by atoms with van der Waals surface area (Å²) in [6.45, 7) is 0. The van der Waals surface area contributed by atoms with Gasteiger partial charge in [-0.3, -0.25) is 4.79 Å². The third-order valence-electron chi connectivity index (χ3n) is 4.40. The lowest BCUT2D eigenvalue weighted by Crippen LogP contribution is -2.55. The molecule has 122 valence electrons. The van der Waals surface area contributed by atoms with Gasteiger partial charge in [-0.2, -0.15) is 0 Å². The number of aliphatic carboxylic acids is 1. The zero-order chi connectivity index (χ0) is 16.3. The first kappa shape index (κ1) is 15.9. The lowest BCUT2D eigenvalue weighted by molar-refractivity contribution is -0.149. The summed E-state index contributed by atoms with van der Waals surface area (Å²) >= 11 is 1.58. The molecule has 3 rings (SSSR count).